The lowest BCUT2D eigenvalue weighted by molar-refractivity contribution is -0.119. The van der Waals surface area contributed by atoms with Crippen LogP contribution in [-0.2, 0) is 30.8 Å². The van der Waals surface area contributed by atoms with Crippen LogP contribution in [0.4, 0.5) is 5.69 Å². The molecular formula is C23H26N4O2. The predicted molar refractivity (Wildman–Crippen MR) is 113 cm³/mol. The van der Waals surface area contributed by atoms with Crippen molar-refractivity contribution in [1.29, 1.82) is 0 Å². The van der Waals surface area contributed by atoms with Crippen molar-refractivity contribution >= 4 is 11.6 Å². The Morgan fingerprint density at radius 2 is 1.79 bits per heavy atom. The molecule has 3 aromatic rings. The smallest absolute Gasteiger partial charge is 0.306 e. The fraction of sp³-hybridized carbons (Fsp3) is 0.348. The number of anilines is 1. The first-order chi connectivity index (χ1) is 14.1. The molecule has 1 aliphatic rings. The minimum Gasteiger partial charge on any atom is -0.306 e. The van der Waals surface area contributed by atoms with Crippen molar-refractivity contribution in [3.8, 4) is 0 Å². The number of rotatable bonds is 5. The SMILES string of the molecule is Cc1ccc(N(Cc2ccccc2)C(=O)Cn2nc3n(c2=O)CCCCC3)cc1. The fourth-order valence-electron chi connectivity index (χ4n) is 3.76. The molecule has 0 radical (unpaired) electrons. The minimum absolute atomic E-state index is 0.0560. The van der Waals surface area contributed by atoms with Crippen LogP contribution >= 0.6 is 0 Å². The lowest BCUT2D eigenvalue weighted by atomic mass is 10.1. The number of carbonyl (C=O) groups is 1. The van der Waals surface area contributed by atoms with Crippen molar-refractivity contribution in [2.24, 2.45) is 0 Å². The Kier molecular flexibility index (Phi) is 5.60. The number of aryl methyl sites for hydroxylation is 2. The number of hydrogen-bond donors (Lipinski definition) is 0. The highest BCUT2D eigenvalue weighted by molar-refractivity contribution is 5.93. The van der Waals surface area contributed by atoms with Gasteiger partial charge in [0.05, 0.1) is 6.54 Å². The average Bonchev–Trinajstić information content (AvgIpc) is 2.89. The molecule has 1 aromatic heterocycles. The summed E-state index contributed by atoms with van der Waals surface area (Å²) in [4.78, 5) is 27.7. The maximum Gasteiger partial charge on any atom is 0.346 e. The highest BCUT2D eigenvalue weighted by atomic mass is 16.2. The number of fused-ring (bicyclic) bond motifs is 1. The molecule has 6 nitrogen and oxygen atoms in total. The zero-order chi connectivity index (χ0) is 20.2. The molecule has 2 aromatic carbocycles. The summed E-state index contributed by atoms with van der Waals surface area (Å²) < 4.78 is 3.06. The first kappa shape index (κ1) is 19.2. The van der Waals surface area contributed by atoms with E-state index in [0.29, 0.717) is 13.1 Å². The van der Waals surface area contributed by atoms with E-state index in [4.69, 9.17) is 0 Å². The van der Waals surface area contributed by atoms with Crippen molar-refractivity contribution in [3.63, 3.8) is 0 Å². The molecule has 0 atom stereocenters. The summed E-state index contributed by atoms with van der Waals surface area (Å²) in [5.41, 5.74) is 2.81. The summed E-state index contributed by atoms with van der Waals surface area (Å²) in [5.74, 6) is 0.651. The van der Waals surface area contributed by atoms with Gasteiger partial charge in [0, 0.05) is 18.7 Å². The number of carbonyl (C=O) groups excluding carboxylic acids is 1. The Labute approximate surface area is 170 Å². The molecule has 4 rings (SSSR count). The van der Waals surface area contributed by atoms with E-state index in [1.807, 2.05) is 61.5 Å². The molecule has 1 aliphatic heterocycles. The van der Waals surface area contributed by atoms with Gasteiger partial charge < -0.3 is 4.90 Å². The molecule has 1 amide bonds. The van der Waals surface area contributed by atoms with Crippen molar-refractivity contribution in [1.82, 2.24) is 14.3 Å². The number of hydrogen-bond acceptors (Lipinski definition) is 3. The Bertz CT molecular complexity index is 1030. The quantitative estimate of drug-likeness (QED) is 0.672. The Morgan fingerprint density at radius 3 is 2.55 bits per heavy atom. The van der Waals surface area contributed by atoms with Crippen LogP contribution in [0.1, 0.15) is 36.2 Å². The van der Waals surface area contributed by atoms with E-state index >= 15 is 0 Å². The second-order valence-corrected chi connectivity index (χ2v) is 7.62. The summed E-state index contributed by atoms with van der Waals surface area (Å²) in [6.45, 7) is 3.10. The Morgan fingerprint density at radius 1 is 1.03 bits per heavy atom. The molecule has 29 heavy (non-hydrogen) atoms. The largest absolute Gasteiger partial charge is 0.346 e. The van der Waals surface area contributed by atoms with E-state index in [9.17, 15) is 9.59 Å². The normalized spacial score (nSPS) is 13.6. The molecule has 0 aliphatic carbocycles. The molecule has 0 unspecified atom stereocenters. The van der Waals surface area contributed by atoms with Gasteiger partial charge in [-0.25, -0.2) is 9.48 Å². The maximum atomic E-state index is 13.3. The molecule has 6 heteroatoms. The predicted octanol–water partition coefficient (Wildman–Crippen LogP) is 3.31. The second-order valence-electron chi connectivity index (χ2n) is 7.62. The molecule has 0 saturated carbocycles. The average molecular weight is 390 g/mol. The van der Waals surface area contributed by atoms with Crippen molar-refractivity contribution in [2.75, 3.05) is 4.90 Å². The molecule has 0 saturated heterocycles. The molecule has 0 bridgehead atoms. The van der Waals surface area contributed by atoms with Gasteiger partial charge in [0.25, 0.3) is 0 Å². The van der Waals surface area contributed by atoms with Gasteiger partial charge in [0.15, 0.2) is 0 Å². The van der Waals surface area contributed by atoms with Crippen LogP contribution in [0, 0.1) is 6.92 Å². The summed E-state index contributed by atoms with van der Waals surface area (Å²) in [6, 6.07) is 17.8. The lowest BCUT2D eigenvalue weighted by Gasteiger charge is -2.23. The van der Waals surface area contributed by atoms with E-state index < -0.39 is 0 Å². The van der Waals surface area contributed by atoms with Gasteiger partial charge in [0.2, 0.25) is 5.91 Å². The second kappa shape index (κ2) is 8.47. The van der Waals surface area contributed by atoms with Gasteiger partial charge in [-0.2, -0.15) is 5.10 Å². The number of benzene rings is 2. The van der Waals surface area contributed by atoms with Crippen LogP contribution in [0.25, 0.3) is 0 Å². The Hall–Kier alpha value is -3.15. The van der Waals surface area contributed by atoms with Crippen LogP contribution in [0.15, 0.2) is 59.4 Å². The van der Waals surface area contributed by atoms with Gasteiger partial charge in [-0.15, -0.1) is 0 Å². The van der Waals surface area contributed by atoms with Gasteiger partial charge in [0.1, 0.15) is 12.4 Å². The third kappa shape index (κ3) is 4.31. The highest BCUT2D eigenvalue weighted by Gasteiger charge is 2.21. The van der Waals surface area contributed by atoms with Crippen LogP contribution in [0.3, 0.4) is 0 Å². The van der Waals surface area contributed by atoms with Crippen LogP contribution < -0.4 is 10.6 Å². The summed E-state index contributed by atoms with van der Waals surface area (Å²) >= 11 is 0. The van der Waals surface area contributed by atoms with Crippen molar-refractivity contribution < 1.29 is 4.79 Å². The summed E-state index contributed by atoms with van der Waals surface area (Å²) in [7, 11) is 0. The fourth-order valence-corrected chi connectivity index (χ4v) is 3.76. The molecule has 0 fully saturated rings. The maximum absolute atomic E-state index is 13.3. The summed E-state index contributed by atoms with van der Waals surface area (Å²) in [5, 5.41) is 4.47. The zero-order valence-electron chi connectivity index (χ0n) is 16.8. The van der Waals surface area contributed by atoms with Crippen LogP contribution in [0.5, 0.6) is 0 Å². The molecule has 150 valence electrons. The van der Waals surface area contributed by atoms with Gasteiger partial charge in [-0.05, 0) is 37.5 Å². The third-order valence-electron chi connectivity index (χ3n) is 5.40. The van der Waals surface area contributed by atoms with E-state index in [1.165, 1.54) is 4.68 Å². The first-order valence-electron chi connectivity index (χ1n) is 10.2. The van der Waals surface area contributed by atoms with E-state index in [0.717, 1.165) is 48.3 Å². The van der Waals surface area contributed by atoms with Crippen LogP contribution in [0.2, 0.25) is 0 Å². The van der Waals surface area contributed by atoms with Gasteiger partial charge >= 0.3 is 5.69 Å². The van der Waals surface area contributed by atoms with E-state index in [1.54, 1.807) is 9.47 Å². The summed E-state index contributed by atoms with van der Waals surface area (Å²) in [6.07, 6.45) is 3.92. The monoisotopic (exact) mass is 390 g/mol. The molecule has 0 N–H and O–H groups in total. The highest BCUT2D eigenvalue weighted by Crippen LogP contribution is 2.19. The van der Waals surface area contributed by atoms with Gasteiger partial charge in [-0.3, -0.25) is 9.36 Å². The van der Waals surface area contributed by atoms with Crippen LogP contribution in [-0.4, -0.2) is 20.3 Å². The minimum atomic E-state index is -0.182. The third-order valence-corrected chi connectivity index (χ3v) is 5.40. The number of amides is 1. The standard InChI is InChI=1S/C23H26N4O2/c1-18-11-13-20(14-12-18)26(16-19-8-4-2-5-9-19)22(28)17-27-23(29)25-15-7-3-6-10-21(25)24-27/h2,4-5,8-9,11-14H,3,6-7,10,15-17H2,1H3. The molecule has 2 heterocycles. The van der Waals surface area contributed by atoms with E-state index in [2.05, 4.69) is 5.10 Å². The number of nitrogens with zero attached hydrogens (tertiary/aromatic N) is 4. The van der Waals surface area contributed by atoms with E-state index in [-0.39, 0.29) is 18.1 Å². The molecular weight excluding hydrogens is 364 g/mol. The van der Waals surface area contributed by atoms with Crippen molar-refractivity contribution in [3.05, 3.63) is 82.0 Å². The topological polar surface area (TPSA) is 60.1 Å². The number of aromatic nitrogens is 3. The van der Waals surface area contributed by atoms with Crippen molar-refractivity contribution in [2.45, 2.75) is 52.2 Å². The molecule has 0 spiro atoms. The zero-order valence-corrected chi connectivity index (χ0v) is 16.8. The first-order valence-corrected chi connectivity index (χ1v) is 10.2. The van der Waals surface area contributed by atoms with Gasteiger partial charge in [-0.1, -0.05) is 54.4 Å². The lowest BCUT2D eigenvalue weighted by Crippen LogP contribution is -2.37. The Balaban J connectivity index is 1.61.